The molecule has 0 aliphatic carbocycles. The Morgan fingerprint density at radius 2 is 1.88 bits per heavy atom. The number of esters is 1. The molecule has 2 heterocycles. The lowest BCUT2D eigenvalue weighted by molar-refractivity contribution is -0.122. The molecule has 1 fully saturated rings. The highest BCUT2D eigenvalue weighted by atomic mass is 16.5. The highest BCUT2D eigenvalue weighted by Gasteiger charge is 2.36. The van der Waals surface area contributed by atoms with Gasteiger partial charge in [-0.15, -0.1) is 0 Å². The third kappa shape index (κ3) is 4.74. The van der Waals surface area contributed by atoms with Crippen molar-refractivity contribution in [1.29, 1.82) is 0 Å². The Balaban J connectivity index is 1.42. The van der Waals surface area contributed by atoms with Gasteiger partial charge in [0.15, 0.2) is 5.78 Å². The molecule has 1 atom stereocenters. The van der Waals surface area contributed by atoms with E-state index in [9.17, 15) is 19.2 Å². The van der Waals surface area contributed by atoms with E-state index in [4.69, 9.17) is 9.47 Å². The van der Waals surface area contributed by atoms with Crippen LogP contribution < -0.4 is 15.0 Å². The molecule has 0 saturated carbocycles. The second-order valence-electron chi connectivity index (χ2n) is 8.83. The van der Waals surface area contributed by atoms with E-state index >= 15 is 0 Å². The molecule has 2 aliphatic heterocycles. The van der Waals surface area contributed by atoms with Crippen LogP contribution in [0.3, 0.4) is 0 Å². The first-order chi connectivity index (χ1) is 15.7. The van der Waals surface area contributed by atoms with Gasteiger partial charge in [-0.05, 0) is 63.2 Å². The fraction of sp³-hybridized carbons (Fsp3) is 0.360. The Hall–Kier alpha value is -3.68. The molecule has 4 rings (SSSR count). The predicted octanol–water partition coefficient (Wildman–Crippen LogP) is 3.60. The zero-order chi connectivity index (χ0) is 23.8. The number of nitrogens with zero attached hydrogens (tertiary/aromatic N) is 1. The SMILES string of the molecule is CCOC(=O)c1ccc(N2CC(C(=O)Nc3ccc4c(c3)C(=O)CC(C)(C)O4)CC2=O)cc1. The van der Waals surface area contributed by atoms with Gasteiger partial charge in [-0.25, -0.2) is 4.79 Å². The average Bonchev–Trinajstić information content (AvgIpc) is 3.15. The van der Waals surface area contributed by atoms with E-state index in [1.165, 1.54) is 4.90 Å². The molecular formula is C25H26N2O6. The fourth-order valence-electron chi connectivity index (χ4n) is 4.10. The number of nitrogens with one attached hydrogen (secondary N) is 1. The van der Waals surface area contributed by atoms with Crippen LogP contribution in [0.2, 0.25) is 0 Å². The topological polar surface area (TPSA) is 102 Å². The van der Waals surface area contributed by atoms with Gasteiger partial charge in [0.2, 0.25) is 11.8 Å². The van der Waals surface area contributed by atoms with Crippen LogP contribution in [0.15, 0.2) is 42.5 Å². The molecule has 1 unspecified atom stereocenters. The maximum atomic E-state index is 12.8. The predicted molar refractivity (Wildman–Crippen MR) is 122 cm³/mol. The van der Waals surface area contributed by atoms with Crippen LogP contribution >= 0.6 is 0 Å². The molecule has 2 aromatic rings. The van der Waals surface area contributed by atoms with E-state index in [2.05, 4.69) is 5.32 Å². The van der Waals surface area contributed by atoms with Crippen molar-refractivity contribution in [3.05, 3.63) is 53.6 Å². The van der Waals surface area contributed by atoms with E-state index < -0.39 is 17.5 Å². The van der Waals surface area contributed by atoms with Gasteiger partial charge in [0.25, 0.3) is 0 Å². The zero-order valence-electron chi connectivity index (χ0n) is 18.8. The number of Topliss-reactive ketones (excluding diaryl/α,β-unsaturated/α-hetero) is 1. The Morgan fingerprint density at radius 1 is 1.15 bits per heavy atom. The lowest BCUT2D eigenvalue weighted by atomic mass is 9.93. The highest BCUT2D eigenvalue weighted by Crippen LogP contribution is 2.35. The first-order valence-electron chi connectivity index (χ1n) is 10.9. The second kappa shape index (κ2) is 8.69. The molecule has 1 saturated heterocycles. The van der Waals surface area contributed by atoms with Crippen LogP contribution in [0.1, 0.15) is 54.3 Å². The van der Waals surface area contributed by atoms with Crippen molar-refractivity contribution in [1.82, 2.24) is 0 Å². The summed E-state index contributed by atoms with van der Waals surface area (Å²) in [7, 11) is 0. The summed E-state index contributed by atoms with van der Waals surface area (Å²) in [5, 5.41) is 2.82. The van der Waals surface area contributed by atoms with Gasteiger partial charge >= 0.3 is 5.97 Å². The third-order valence-corrected chi connectivity index (χ3v) is 5.71. The second-order valence-corrected chi connectivity index (χ2v) is 8.83. The van der Waals surface area contributed by atoms with E-state index in [1.54, 1.807) is 49.4 Å². The van der Waals surface area contributed by atoms with Gasteiger partial charge in [0.05, 0.1) is 30.1 Å². The molecule has 0 aromatic heterocycles. The van der Waals surface area contributed by atoms with Gasteiger partial charge in [0.1, 0.15) is 11.4 Å². The van der Waals surface area contributed by atoms with E-state index in [0.29, 0.717) is 28.3 Å². The molecule has 8 nitrogen and oxygen atoms in total. The van der Waals surface area contributed by atoms with Gasteiger partial charge in [-0.1, -0.05) is 0 Å². The standard InChI is InChI=1S/C25H26N2O6/c1-4-32-24(31)15-5-8-18(9-6-15)27-14-16(11-22(27)29)23(30)26-17-7-10-21-19(12-17)20(28)13-25(2,3)33-21/h5-10,12,16H,4,11,13-14H2,1-3H3,(H,26,30). The normalized spacial score (nSPS) is 19.0. The van der Waals surface area contributed by atoms with Crippen LogP contribution in [0, 0.1) is 5.92 Å². The van der Waals surface area contributed by atoms with Gasteiger partial charge in [0, 0.05) is 24.3 Å². The van der Waals surface area contributed by atoms with Crippen molar-refractivity contribution < 1.29 is 28.7 Å². The monoisotopic (exact) mass is 450 g/mol. The number of carbonyl (C=O) groups excluding carboxylic acids is 4. The number of rotatable bonds is 5. The maximum absolute atomic E-state index is 12.8. The number of ether oxygens (including phenoxy) is 2. The summed E-state index contributed by atoms with van der Waals surface area (Å²) in [6, 6.07) is 11.5. The van der Waals surface area contributed by atoms with Crippen LogP contribution in [-0.2, 0) is 14.3 Å². The summed E-state index contributed by atoms with van der Waals surface area (Å²) in [5.41, 5.74) is 1.38. The molecule has 8 heteroatoms. The summed E-state index contributed by atoms with van der Waals surface area (Å²) >= 11 is 0. The van der Waals surface area contributed by atoms with Crippen LogP contribution in [0.25, 0.3) is 0 Å². The summed E-state index contributed by atoms with van der Waals surface area (Å²) in [4.78, 5) is 51.2. The van der Waals surface area contributed by atoms with Crippen molar-refractivity contribution >= 4 is 34.9 Å². The largest absolute Gasteiger partial charge is 0.487 e. The quantitative estimate of drug-likeness (QED) is 0.699. The number of benzene rings is 2. The third-order valence-electron chi connectivity index (χ3n) is 5.71. The number of hydrogen-bond acceptors (Lipinski definition) is 6. The number of fused-ring (bicyclic) bond motifs is 1. The van der Waals surface area contributed by atoms with Crippen molar-refractivity contribution in [3.63, 3.8) is 0 Å². The van der Waals surface area contributed by atoms with Crippen molar-refractivity contribution in [2.24, 2.45) is 5.92 Å². The van der Waals surface area contributed by atoms with Crippen molar-refractivity contribution in [2.75, 3.05) is 23.4 Å². The first kappa shape index (κ1) is 22.5. The summed E-state index contributed by atoms with van der Waals surface area (Å²) in [6.07, 6.45) is 0.338. The first-order valence-corrected chi connectivity index (χ1v) is 10.9. The van der Waals surface area contributed by atoms with E-state index in [0.717, 1.165) is 0 Å². The summed E-state index contributed by atoms with van der Waals surface area (Å²) in [5.74, 6) is -0.960. The Kier molecular flexibility index (Phi) is 5.93. The van der Waals surface area contributed by atoms with Gasteiger partial charge < -0.3 is 19.7 Å². The lowest BCUT2D eigenvalue weighted by Crippen LogP contribution is -2.36. The van der Waals surface area contributed by atoms with Crippen molar-refractivity contribution in [2.45, 2.75) is 39.2 Å². The molecular weight excluding hydrogens is 424 g/mol. The molecule has 0 bridgehead atoms. The zero-order valence-corrected chi connectivity index (χ0v) is 18.8. The van der Waals surface area contributed by atoms with Crippen LogP contribution in [-0.4, -0.2) is 42.3 Å². The molecule has 0 spiro atoms. The van der Waals surface area contributed by atoms with E-state index in [-0.39, 0.29) is 43.6 Å². The molecule has 172 valence electrons. The Labute approximate surface area is 191 Å². The minimum atomic E-state index is -0.559. The van der Waals surface area contributed by atoms with Gasteiger partial charge in [-0.2, -0.15) is 0 Å². The molecule has 0 radical (unpaired) electrons. The minimum absolute atomic E-state index is 0.0363. The summed E-state index contributed by atoms with van der Waals surface area (Å²) < 4.78 is 10.8. The van der Waals surface area contributed by atoms with Crippen molar-refractivity contribution in [3.8, 4) is 5.75 Å². The maximum Gasteiger partial charge on any atom is 0.338 e. The van der Waals surface area contributed by atoms with Crippen LogP contribution in [0.4, 0.5) is 11.4 Å². The lowest BCUT2D eigenvalue weighted by Gasteiger charge is -2.31. The summed E-state index contributed by atoms with van der Waals surface area (Å²) in [6.45, 7) is 5.96. The number of anilines is 2. The minimum Gasteiger partial charge on any atom is -0.487 e. The number of ketones is 1. The number of hydrogen-bond donors (Lipinski definition) is 1. The average molecular weight is 450 g/mol. The number of amides is 2. The molecule has 2 aromatic carbocycles. The number of carbonyl (C=O) groups is 4. The van der Waals surface area contributed by atoms with E-state index in [1.807, 2.05) is 13.8 Å². The molecule has 2 aliphatic rings. The fourth-order valence-corrected chi connectivity index (χ4v) is 4.10. The molecule has 2 amide bonds. The Bertz CT molecular complexity index is 1120. The highest BCUT2D eigenvalue weighted by molar-refractivity contribution is 6.05. The molecule has 1 N–H and O–H groups in total. The molecule has 33 heavy (non-hydrogen) atoms. The van der Waals surface area contributed by atoms with Gasteiger partial charge in [-0.3, -0.25) is 14.4 Å². The smallest absolute Gasteiger partial charge is 0.338 e. The Morgan fingerprint density at radius 3 is 2.58 bits per heavy atom. The van der Waals surface area contributed by atoms with Crippen LogP contribution in [0.5, 0.6) is 5.75 Å².